The molecule has 0 bridgehead atoms. The first-order chi connectivity index (χ1) is 13.3. The molecule has 1 aliphatic heterocycles. The van der Waals surface area contributed by atoms with Gasteiger partial charge in [0.05, 0.1) is 13.2 Å². The maximum Gasteiger partial charge on any atom is 0.159 e. The number of nitrogens with two attached hydrogens (primary N) is 1. The summed E-state index contributed by atoms with van der Waals surface area (Å²) in [6.07, 6.45) is 1.53. The number of hydrogen-bond donors (Lipinski definition) is 3. The number of morpholine rings is 1. The third-order valence-corrected chi connectivity index (χ3v) is 4.75. The number of ether oxygens (including phenoxy) is 1. The highest BCUT2D eigenvalue weighted by Crippen LogP contribution is 2.29. The topological polar surface area (TPSA) is 88.3 Å². The summed E-state index contributed by atoms with van der Waals surface area (Å²) in [5.41, 5.74) is 7.80. The number of hydrogen-bond acceptors (Lipinski definition) is 7. The molecule has 1 aromatic heterocycles. The van der Waals surface area contributed by atoms with E-state index in [1.54, 1.807) is 0 Å². The second-order valence-electron chi connectivity index (χ2n) is 6.52. The zero-order valence-electron chi connectivity index (χ0n) is 15.2. The van der Waals surface area contributed by atoms with Gasteiger partial charge in [0.15, 0.2) is 11.6 Å². The molecule has 140 valence electrons. The zero-order valence-corrected chi connectivity index (χ0v) is 15.2. The molecular weight excluding hydrogens is 340 g/mol. The second-order valence-corrected chi connectivity index (χ2v) is 6.52. The van der Waals surface area contributed by atoms with E-state index in [9.17, 15) is 0 Å². The largest absolute Gasteiger partial charge is 0.393 e. The van der Waals surface area contributed by atoms with Gasteiger partial charge >= 0.3 is 0 Å². The van der Waals surface area contributed by atoms with Crippen molar-refractivity contribution in [2.24, 2.45) is 0 Å². The van der Waals surface area contributed by atoms with Crippen LogP contribution in [0.2, 0.25) is 0 Å². The van der Waals surface area contributed by atoms with Crippen molar-refractivity contribution in [1.29, 1.82) is 0 Å². The Kier molecular flexibility index (Phi) is 5.32. The van der Waals surface area contributed by atoms with Crippen molar-refractivity contribution in [3.63, 3.8) is 0 Å². The lowest BCUT2D eigenvalue weighted by Crippen LogP contribution is -2.39. The van der Waals surface area contributed by atoms with E-state index < -0.39 is 0 Å². The Labute approximate surface area is 158 Å². The highest BCUT2D eigenvalue weighted by Gasteiger charge is 2.12. The van der Waals surface area contributed by atoms with Crippen LogP contribution >= 0.6 is 0 Å². The van der Waals surface area contributed by atoms with Gasteiger partial charge < -0.3 is 21.1 Å². The minimum absolute atomic E-state index is 0.521. The molecule has 1 aliphatic rings. The molecule has 0 radical (unpaired) electrons. The van der Waals surface area contributed by atoms with Crippen molar-refractivity contribution in [2.75, 3.05) is 55.8 Å². The quantitative estimate of drug-likeness (QED) is 0.620. The molecule has 4 rings (SSSR count). The van der Waals surface area contributed by atoms with Crippen molar-refractivity contribution in [3.8, 4) is 0 Å². The summed E-state index contributed by atoms with van der Waals surface area (Å²) in [6, 6.07) is 14.3. The third kappa shape index (κ3) is 4.10. The number of fused-ring (bicyclic) bond motifs is 1. The Hall–Kier alpha value is -2.90. The normalized spacial score (nSPS) is 15.0. The van der Waals surface area contributed by atoms with Crippen LogP contribution in [-0.2, 0) is 4.74 Å². The molecule has 3 aromatic rings. The van der Waals surface area contributed by atoms with Crippen LogP contribution in [0, 0.1) is 0 Å². The standard InChI is InChI=1S/C20H24N6O/c21-18-19(22-8-9-26-10-12-27-13-11-26)23-14-24-20(18)25-17-7-3-5-15-4-1-2-6-16(15)17/h1-7,14H,8-13,21H2,(H2,22,23,24,25). The fourth-order valence-electron chi connectivity index (χ4n) is 3.26. The average molecular weight is 364 g/mol. The van der Waals surface area contributed by atoms with E-state index in [0.29, 0.717) is 17.3 Å². The van der Waals surface area contributed by atoms with E-state index in [1.807, 2.05) is 24.3 Å². The average Bonchev–Trinajstić information content (AvgIpc) is 2.72. The van der Waals surface area contributed by atoms with Gasteiger partial charge in [-0.15, -0.1) is 0 Å². The lowest BCUT2D eigenvalue weighted by atomic mass is 10.1. The fourth-order valence-corrected chi connectivity index (χ4v) is 3.26. The molecule has 0 saturated carbocycles. The molecule has 27 heavy (non-hydrogen) atoms. The monoisotopic (exact) mass is 364 g/mol. The lowest BCUT2D eigenvalue weighted by Gasteiger charge is -2.26. The molecular formula is C20H24N6O. The summed E-state index contributed by atoms with van der Waals surface area (Å²) in [5.74, 6) is 1.26. The number of rotatable bonds is 6. The van der Waals surface area contributed by atoms with Crippen LogP contribution in [0.1, 0.15) is 0 Å². The summed E-state index contributed by atoms with van der Waals surface area (Å²) >= 11 is 0. The van der Waals surface area contributed by atoms with Crippen molar-refractivity contribution >= 4 is 33.8 Å². The van der Waals surface area contributed by atoms with Crippen molar-refractivity contribution in [2.45, 2.75) is 0 Å². The summed E-state index contributed by atoms with van der Waals surface area (Å²) in [4.78, 5) is 11.0. The SMILES string of the molecule is Nc1c(NCCN2CCOCC2)ncnc1Nc1cccc2ccccc12. The van der Waals surface area contributed by atoms with Crippen LogP contribution in [0.15, 0.2) is 48.8 Å². The number of anilines is 4. The maximum absolute atomic E-state index is 6.31. The van der Waals surface area contributed by atoms with Gasteiger partial charge in [0.25, 0.3) is 0 Å². The van der Waals surface area contributed by atoms with Gasteiger partial charge in [-0.2, -0.15) is 0 Å². The Morgan fingerprint density at radius 2 is 1.78 bits per heavy atom. The first-order valence-corrected chi connectivity index (χ1v) is 9.20. The summed E-state index contributed by atoms with van der Waals surface area (Å²) in [6.45, 7) is 5.24. The van der Waals surface area contributed by atoms with Crippen LogP contribution in [0.3, 0.4) is 0 Å². The minimum Gasteiger partial charge on any atom is -0.393 e. The molecule has 7 nitrogen and oxygen atoms in total. The second kappa shape index (κ2) is 8.20. The van der Waals surface area contributed by atoms with Gasteiger partial charge in [-0.3, -0.25) is 4.90 Å². The molecule has 0 atom stereocenters. The molecule has 2 heterocycles. The first kappa shape index (κ1) is 17.5. The minimum atomic E-state index is 0.521. The highest BCUT2D eigenvalue weighted by atomic mass is 16.5. The van der Waals surface area contributed by atoms with E-state index >= 15 is 0 Å². The zero-order chi connectivity index (χ0) is 18.5. The van der Waals surface area contributed by atoms with Gasteiger partial charge in [-0.25, -0.2) is 9.97 Å². The molecule has 2 aromatic carbocycles. The Morgan fingerprint density at radius 1 is 1.00 bits per heavy atom. The summed E-state index contributed by atoms with van der Waals surface area (Å²) in [5, 5.41) is 8.97. The molecule has 4 N–H and O–H groups in total. The molecule has 1 saturated heterocycles. The fraction of sp³-hybridized carbons (Fsp3) is 0.300. The van der Waals surface area contributed by atoms with Crippen LogP contribution in [0.25, 0.3) is 10.8 Å². The van der Waals surface area contributed by atoms with Crippen LogP contribution < -0.4 is 16.4 Å². The van der Waals surface area contributed by atoms with Crippen molar-refractivity contribution in [1.82, 2.24) is 14.9 Å². The van der Waals surface area contributed by atoms with Crippen molar-refractivity contribution < 1.29 is 4.74 Å². The van der Waals surface area contributed by atoms with E-state index in [2.05, 4.69) is 43.7 Å². The molecule has 0 aliphatic carbocycles. The predicted molar refractivity (Wildman–Crippen MR) is 109 cm³/mol. The lowest BCUT2D eigenvalue weighted by molar-refractivity contribution is 0.0398. The number of aromatic nitrogens is 2. The van der Waals surface area contributed by atoms with E-state index in [-0.39, 0.29) is 0 Å². The molecule has 0 unspecified atom stereocenters. The Bertz CT molecular complexity index is 905. The maximum atomic E-state index is 6.31. The van der Waals surface area contributed by atoms with Crippen LogP contribution in [0.4, 0.5) is 23.0 Å². The molecule has 1 fully saturated rings. The van der Waals surface area contributed by atoms with Gasteiger partial charge in [-0.05, 0) is 11.5 Å². The highest BCUT2D eigenvalue weighted by molar-refractivity contribution is 5.96. The Balaban J connectivity index is 1.46. The number of nitrogen functional groups attached to an aromatic ring is 1. The smallest absolute Gasteiger partial charge is 0.159 e. The van der Waals surface area contributed by atoms with Gasteiger partial charge in [0.1, 0.15) is 12.0 Å². The first-order valence-electron chi connectivity index (χ1n) is 9.20. The van der Waals surface area contributed by atoms with E-state index in [0.717, 1.165) is 50.5 Å². The molecule has 0 spiro atoms. The Morgan fingerprint density at radius 3 is 2.67 bits per heavy atom. The third-order valence-electron chi connectivity index (χ3n) is 4.75. The van der Waals surface area contributed by atoms with Gasteiger partial charge in [-0.1, -0.05) is 36.4 Å². The van der Waals surface area contributed by atoms with Gasteiger partial charge in [0, 0.05) is 37.3 Å². The molecule has 0 amide bonds. The predicted octanol–water partition coefficient (Wildman–Crippen LogP) is 2.70. The number of nitrogens with one attached hydrogen (secondary N) is 2. The summed E-state index contributed by atoms with van der Waals surface area (Å²) in [7, 11) is 0. The molecule has 7 heteroatoms. The number of benzene rings is 2. The van der Waals surface area contributed by atoms with Gasteiger partial charge in [0.2, 0.25) is 0 Å². The van der Waals surface area contributed by atoms with Crippen LogP contribution in [0.5, 0.6) is 0 Å². The summed E-state index contributed by atoms with van der Waals surface area (Å²) < 4.78 is 5.38. The van der Waals surface area contributed by atoms with E-state index in [4.69, 9.17) is 10.5 Å². The number of nitrogens with zero attached hydrogens (tertiary/aromatic N) is 3. The van der Waals surface area contributed by atoms with Crippen molar-refractivity contribution in [3.05, 3.63) is 48.8 Å². The van der Waals surface area contributed by atoms with E-state index in [1.165, 1.54) is 11.7 Å². The van der Waals surface area contributed by atoms with Crippen LogP contribution in [-0.4, -0.2) is 54.3 Å².